The average molecular weight is 436 g/mol. The Bertz CT molecular complexity index is 721. The summed E-state index contributed by atoms with van der Waals surface area (Å²) in [5.74, 6) is 0. The molecule has 1 saturated heterocycles. The number of hydrogen-bond donors (Lipinski definition) is 1. The van der Waals surface area contributed by atoms with Gasteiger partial charge in [0.05, 0.1) is 11.5 Å². The number of benzene rings is 1. The van der Waals surface area contributed by atoms with Crippen molar-refractivity contribution in [2.45, 2.75) is 68.8 Å². The molecule has 0 aliphatic carbocycles. The van der Waals surface area contributed by atoms with Crippen molar-refractivity contribution in [3.63, 3.8) is 0 Å². The summed E-state index contributed by atoms with van der Waals surface area (Å²) in [7, 11) is -7.82. The van der Waals surface area contributed by atoms with Gasteiger partial charge in [0.1, 0.15) is 12.2 Å². The fraction of sp³-hybridized carbons (Fsp3) is 0.647. The molecule has 1 heterocycles. The van der Waals surface area contributed by atoms with Gasteiger partial charge in [-0.2, -0.15) is 4.72 Å². The first-order valence-corrected chi connectivity index (χ1v) is 17.3. The minimum atomic E-state index is -3.90. The summed E-state index contributed by atoms with van der Waals surface area (Å²) < 4.78 is 60.1. The highest BCUT2D eigenvalue weighted by Gasteiger charge is 2.49. The lowest BCUT2D eigenvalue weighted by molar-refractivity contribution is -0.0169. The maximum atomic E-state index is 15.1. The van der Waals surface area contributed by atoms with Gasteiger partial charge < -0.3 is 13.6 Å². The first-order chi connectivity index (χ1) is 12.3. The van der Waals surface area contributed by atoms with Crippen LogP contribution in [0.4, 0.5) is 4.39 Å². The summed E-state index contributed by atoms with van der Waals surface area (Å²) in [6, 6.07) is 7.83. The highest BCUT2D eigenvalue weighted by molar-refractivity contribution is 7.89. The van der Waals surface area contributed by atoms with E-state index >= 15 is 4.39 Å². The van der Waals surface area contributed by atoms with E-state index in [1.807, 2.05) is 39.3 Å². The van der Waals surface area contributed by atoms with Crippen LogP contribution in [0, 0.1) is 0 Å². The van der Waals surface area contributed by atoms with Crippen LogP contribution in [-0.2, 0) is 23.6 Å². The lowest BCUT2D eigenvalue weighted by Gasteiger charge is -2.29. The largest absolute Gasteiger partial charge is 0.415 e. The Morgan fingerprint density at radius 2 is 1.67 bits per heavy atom. The van der Waals surface area contributed by atoms with Gasteiger partial charge in [-0.05, 0) is 51.4 Å². The number of sulfonamides is 1. The van der Waals surface area contributed by atoms with Gasteiger partial charge in [0, 0.05) is 0 Å². The third-order valence-electron chi connectivity index (χ3n) is 3.79. The maximum Gasteiger partial charge on any atom is 0.242 e. The molecule has 1 aliphatic rings. The summed E-state index contributed by atoms with van der Waals surface area (Å²) in [4.78, 5) is 0.0604. The minimum absolute atomic E-state index is 0.0604. The molecule has 2 rings (SSSR count). The second-order valence-electron chi connectivity index (χ2n) is 8.59. The Hall–Kier alpha value is -0.626. The molecule has 0 spiro atoms. The third-order valence-corrected chi connectivity index (χ3v) is 7.23. The zero-order chi connectivity index (χ0) is 20.5. The van der Waals surface area contributed by atoms with Crippen molar-refractivity contribution in [1.29, 1.82) is 0 Å². The zero-order valence-electron chi connectivity index (χ0n) is 16.7. The van der Waals surface area contributed by atoms with Crippen molar-refractivity contribution in [3.8, 4) is 0 Å². The van der Waals surface area contributed by atoms with Crippen molar-refractivity contribution in [2.24, 2.45) is 0 Å². The zero-order valence-corrected chi connectivity index (χ0v) is 19.5. The molecule has 0 aromatic heterocycles. The van der Waals surface area contributed by atoms with Gasteiger partial charge in [-0.1, -0.05) is 18.2 Å². The fourth-order valence-corrected chi connectivity index (χ4v) is 5.55. The quantitative estimate of drug-likeness (QED) is 0.635. The van der Waals surface area contributed by atoms with Crippen molar-refractivity contribution >= 4 is 26.7 Å². The van der Waals surface area contributed by atoms with Gasteiger partial charge in [-0.15, -0.1) is 0 Å². The summed E-state index contributed by atoms with van der Waals surface area (Å²) in [5.41, 5.74) is 0. The van der Waals surface area contributed by atoms with Crippen molar-refractivity contribution < 1.29 is 26.4 Å². The molecule has 1 aromatic carbocycles. The number of alkyl halides is 1. The smallest absolute Gasteiger partial charge is 0.242 e. The van der Waals surface area contributed by atoms with Gasteiger partial charge >= 0.3 is 0 Å². The molecule has 1 N–H and O–H groups in total. The van der Waals surface area contributed by atoms with Crippen molar-refractivity contribution in [1.82, 2.24) is 4.72 Å². The van der Waals surface area contributed by atoms with Gasteiger partial charge in [0.2, 0.25) is 10.0 Å². The van der Waals surface area contributed by atoms with Crippen LogP contribution < -0.4 is 4.72 Å². The number of ether oxygens (including phenoxy) is 1. The number of nitrogens with one attached hydrogen (secondary N) is 1. The van der Waals surface area contributed by atoms with Gasteiger partial charge in [0.25, 0.3) is 0 Å². The third kappa shape index (κ3) is 6.73. The van der Waals surface area contributed by atoms with E-state index in [2.05, 4.69) is 4.72 Å². The standard InChI is InChI=1S/C17H30FNO5SSi2/c1-26(2,3)22-12-14-16(24-27(4,5)6)15(18)17(23-14)19-25(20,21)13-10-8-7-9-11-13/h7-11,14-17,19H,12H2,1-6H3/t14-,15+,16?,17+/m1/s1. The Morgan fingerprint density at radius 1 is 1.07 bits per heavy atom. The second kappa shape index (κ2) is 8.40. The fourth-order valence-electron chi connectivity index (χ4n) is 2.65. The molecular formula is C17H30FNO5SSi2. The summed E-state index contributed by atoms with van der Waals surface area (Å²) in [5, 5.41) is 0. The van der Waals surface area contributed by atoms with E-state index in [0.29, 0.717) is 0 Å². The van der Waals surface area contributed by atoms with E-state index in [1.54, 1.807) is 18.2 Å². The van der Waals surface area contributed by atoms with E-state index in [-0.39, 0.29) is 11.5 Å². The Morgan fingerprint density at radius 3 is 2.19 bits per heavy atom. The van der Waals surface area contributed by atoms with Crippen LogP contribution in [0.2, 0.25) is 39.3 Å². The van der Waals surface area contributed by atoms with Crippen LogP contribution in [0.1, 0.15) is 0 Å². The van der Waals surface area contributed by atoms with Crippen molar-refractivity contribution in [3.05, 3.63) is 30.3 Å². The van der Waals surface area contributed by atoms with Crippen LogP contribution in [0.5, 0.6) is 0 Å². The molecule has 1 fully saturated rings. The molecule has 4 atom stereocenters. The molecule has 154 valence electrons. The molecule has 1 unspecified atom stereocenters. The molecular weight excluding hydrogens is 405 g/mol. The summed E-state index contributed by atoms with van der Waals surface area (Å²) in [6.07, 6.45) is -4.46. The van der Waals surface area contributed by atoms with Crippen LogP contribution in [0.3, 0.4) is 0 Å². The molecule has 0 amide bonds. The van der Waals surface area contributed by atoms with Crippen LogP contribution >= 0.6 is 0 Å². The van der Waals surface area contributed by atoms with Crippen LogP contribution in [-0.4, -0.2) is 56.3 Å². The Balaban J connectivity index is 2.17. The number of halogens is 1. The van der Waals surface area contributed by atoms with Crippen LogP contribution in [0.25, 0.3) is 0 Å². The minimum Gasteiger partial charge on any atom is -0.415 e. The molecule has 0 bridgehead atoms. The van der Waals surface area contributed by atoms with E-state index in [4.69, 9.17) is 13.6 Å². The topological polar surface area (TPSA) is 73.9 Å². The number of rotatable bonds is 8. The maximum absolute atomic E-state index is 15.1. The van der Waals surface area contributed by atoms with Crippen LogP contribution in [0.15, 0.2) is 35.2 Å². The molecule has 6 nitrogen and oxygen atoms in total. The SMILES string of the molecule is C[Si](C)(C)OC[C@H]1O[C@H](NS(=O)(=O)c2ccccc2)[C@@H](F)C1O[Si](C)(C)C. The average Bonchev–Trinajstić information content (AvgIpc) is 2.80. The number of hydrogen-bond acceptors (Lipinski definition) is 5. The molecule has 1 aliphatic heterocycles. The first-order valence-electron chi connectivity index (χ1n) is 8.97. The van der Waals surface area contributed by atoms with Gasteiger partial charge in [-0.25, -0.2) is 12.8 Å². The van der Waals surface area contributed by atoms with E-state index in [0.717, 1.165) is 0 Å². The van der Waals surface area contributed by atoms with Crippen molar-refractivity contribution in [2.75, 3.05) is 6.61 Å². The van der Waals surface area contributed by atoms with E-state index in [9.17, 15) is 8.42 Å². The van der Waals surface area contributed by atoms with E-state index < -0.39 is 51.3 Å². The summed E-state index contributed by atoms with van der Waals surface area (Å²) >= 11 is 0. The normalized spacial score (nSPS) is 27.1. The molecule has 1 aromatic rings. The summed E-state index contributed by atoms with van der Waals surface area (Å²) in [6.45, 7) is 12.1. The molecule has 10 heteroatoms. The Labute approximate surface area is 163 Å². The predicted octanol–water partition coefficient (Wildman–Crippen LogP) is 3.10. The second-order valence-corrected chi connectivity index (χ2v) is 19.3. The van der Waals surface area contributed by atoms with Gasteiger partial charge in [-0.3, -0.25) is 0 Å². The first kappa shape index (κ1) is 22.7. The Kier molecular flexibility index (Phi) is 7.05. The predicted molar refractivity (Wildman–Crippen MR) is 108 cm³/mol. The molecule has 27 heavy (non-hydrogen) atoms. The highest BCUT2D eigenvalue weighted by atomic mass is 32.2. The molecule has 0 saturated carbocycles. The van der Waals surface area contributed by atoms with Gasteiger partial charge in [0.15, 0.2) is 29.0 Å². The monoisotopic (exact) mass is 435 g/mol. The lowest BCUT2D eigenvalue weighted by Crippen LogP contribution is -2.45. The lowest BCUT2D eigenvalue weighted by atomic mass is 10.1. The van der Waals surface area contributed by atoms with E-state index in [1.165, 1.54) is 12.1 Å². The molecule has 0 radical (unpaired) electrons. The highest BCUT2D eigenvalue weighted by Crippen LogP contribution is 2.30.